The molecule has 2 unspecified atom stereocenters. The summed E-state index contributed by atoms with van der Waals surface area (Å²) in [4.78, 5) is 0. The second-order valence-corrected chi connectivity index (χ2v) is 7.33. The van der Waals surface area contributed by atoms with E-state index in [1.165, 1.54) is 35.7 Å². The third-order valence-corrected chi connectivity index (χ3v) is 5.89. The van der Waals surface area contributed by atoms with Crippen LogP contribution in [0.15, 0.2) is 24.3 Å². The van der Waals surface area contributed by atoms with E-state index in [-0.39, 0.29) is 5.41 Å². The summed E-state index contributed by atoms with van der Waals surface area (Å²) in [7, 11) is 0. The van der Waals surface area contributed by atoms with Gasteiger partial charge in [0, 0.05) is 20.8 Å². The highest BCUT2D eigenvalue weighted by Crippen LogP contribution is 2.55. The number of hydrogen-bond donors (Lipinski definition) is 0. The van der Waals surface area contributed by atoms with Crippen LogP contribution < -0.4 is 4.74 Å². The highest BCUT2D eigenvalue weighted by atomic mass is 127. The zero-order chi connectivity index (χ0) is 12.6. The molecule has 0 radical (unpaired) electrons. The second kappa shape index (κ2) is 5.20. The zero-order valence-corrected chi connectivity index (χ0v) is 13.3. The van der Waals surface area contributed by atoms with Crippen molar-refractivity contribution >= 4 is 34.2 Å². The first-order chi connectivity index (χ1) is 8.71. The largest absolute Gasteiger partial charge is 0.490 e. The Morgan fingerprint density at radius 2 is 1.78 bits per heavy atom. The van der Waals surface area contributed by atoms with Crippen molar-refractivity contribution in [3.05, 3.63) is 27.8 Å². The molecule has 2 saturated carbocycles. The number of rotatable bonds is 2. The molecule has 1 nitrogen and oxygen atoms in total. The summed E-state index contributed by atoms with van der Waals surface area (Å²) in [5, 5.41) is 0.326. The Morgan fingerprint density at radius 1 is 1.11 bits per heavy atom. The lowest BCUT2D eigenvalue weighted by Crippen LogP contribution is -2.58. The second-order valence-electron chi connectivity index (χ2n) is 5.56. The van der Waals surface area contributed by atoms with E-state index in [2.05, 4.69) is 46.9 Å². The monoisotopic (exact) mass is 376 g/mol. The quantitative estimate of drug-likeness (QED) is 0.521. The van der Waals surface area contributed by atoms with Gasteiger partial charge in [-0.05, 0) is 59.7 Å². The number of ether oxygens (including phenoxy) is 1. The molecule has 2 aliphatic rings. The summed E-state index contributed by atoms with van der Waals surface area (Å²) in [5.41, 5.74) is 0.267. The summed E-state index contributed by atoms with van der Waals surface area (Å²) in [6.07, 6.45) is 7.83. The van der Waals surface area contributed by atoms with Crippen molar-refractivity contribution < 1.29 is 4.74 Å². The average Bonchev–Trinajstić information content (AvgIpc) is 2.42. The minimum atomic E-state index is 0.267. The molecule has 3 heteroatoms. The van der Waals surface area contributed by atoms with Gasteiger partial charge in [-0.2, -0.15) is 0 Å². The predicted octanol–water partition coefficient (Wildman–Crippen LogP) is 5.00. The third kappa shape index (κ3) is 2.26. The lowest BCUT2D eigenvalue weighted by molar-refractivity contribution is -0.0650. The molecule has 0 amide bonds. The summed E-state index contributed by atoms with van der Waals surface area (Å²) >= 11 is 8.81. The molecule has 0 bridgehead atoms. The van der Waals surface area contributed by atoms with Crippen LogP contribution in [0.25, 0.3) is 0 Å². The Kier molecular flexibility index (Phi) is 3.77. The minimum absolute atomic E-state index is 0.267. The van der Waals surface area contributed by atoms with Gasteiger partial charge in [-0.25, -0.2) is 0 Å². The van der Waals surface area contributed by atoms with Gasteiger partial charge in [0.05, 0.1) is 0 Å². The molecule has 0 aliphatic heterocycles. The van der Waals surface area contributed by atoms with E-state index < -0.39 is 0 Å². The minimum Gasteiger partial charge on any atom is -0.490 e. The van der Waals surface area contributed by atoms with Gasteiger partial charge in [0.2, 0.25) is 0 Å². The van der Waals surface area contributed by atoms with Crippen molar-refractivity contribution in [2.24, 2.45) is 5.41 Å². The Bertz CT molecular complexity index is 411. The Labute approximate surface area is 127 Å². The summed E-state index contributed by atoms with van der Waals surface area (Å²) < 4.78 is 7.43. The van der Waals surface area contributed by atoms with Crippen LogP contribution in [0.3, 0.4) is 0 Å². The first-order valence-electron chi connectivity index (χ1n) is 6.77. The van der Waals surface area contributed by atoms with Crippen LogP contribution in [0.1, 0.15) is 38.5 Å². The maximum Gasteiger partial charge on any atom is 0.119 e. The molecule has 2 atom stereocenters. The first kappa shape index (κ1) is 13.0. The van der Waals surface area contributed by atoms with Crippen molar-refractivity contribution in [3.63, 3.8) is 0 Å². The zero-order valence-electron chi connectivity index (χ0n) is 10.4. The fraction of sp³-hybridized carbons (Fsp3) is 0.600. The van der Waals surface area contributed by atoms with E-state index in [9.17, 15) is 0 Å². The van der Waals surface area contributed by atoms with Gasteiger partial charge in [0.1, 0.15) is 11.9 Å². The van der Waals surface area contributed by atoms with Gasteiger partial charge in [0.15, 0.2) is 0 Å². The fourth-order valence-electron chi connectivity index (χ4n) is 3.39. The molecule has 0 saturated heterocycles. The molecule has 2 aliphatic carbocycles. The Morgan fingerprint density at radius 3 is 2.39 bits per heavy atom. The number of benzene rings is 1. The first-order valence-corrected chi connectivity index (χ1v) is 8.28. The summed E-state index contributed by atoms with van der Waals surface area (Å²) in [5.74, 6) is 0.994. The van der Waals surface area contributed by atoms with Crippen LogP contribution >= 0.6 is 34.2 Å². The predicted molar refractivity (Wildman–Crippen MR) is 83.4 cm³/mol. The maximum absolute atomic E-state index is 6.49. The molecule has 98 valence electrons. The molecule has 1 aromatic carbocycles. The Balaban J connectivity index is 1.71. The van der Waals surface area contributed by atoms with Gasteiger partial charge in [-0.3, -0.25) is 0 Å². The van der Waals surface area contributed by atoms with Crippen LogP contribution in [0.4, 0.5) is 0 Å². The van der Waals surface area contributed by atoms with Gasteiger partial charge < -0.3 is 4.74 Å². The SMILES string of the molecule is ClC1CC(Oc2ccc(I)cc2)C12CCCCC2. The normalized spacial score (nSPS) is 29.9. The standard InChI is InChI=1S/C15H18ClIO/c16-13-10-14(15(13)8-2-1-3-9-15)18-12-6-4-11(17)5-7-12/h4-7,13-14H,1-3,8-10H2. The molecule has 1 spiro atoms. The van der Waals surface area contributed by atoms with Crippen molar-refractivity contribution in [3.8, 4) is 5.75 Å². The summed E-state index contributed by atoms with van der Waals surface area (Å²) in [6, 6.07) is 8.33. The fourth-order valence-corrected chi connectivity index (χ4v) is 4.27. The van der Waals surface area contributed by atoms with Gasteiger partial charge in [-0.15, -0.1) is 11.6 Å². The molecule has 3 rings (SSSR count). The number of alkyl halides is 1. The molecule has 18 heavy (non-hydrogen) atoms. The highest BCUT2D eigenvalue weighted by Gasteiger charge is 2.55. The van der Waals surface area contributed by atoms with Gasteiger partial charge >= 0.3 is 0 Å². The van der Waals surface area contributed by atoms with E-state index in [0.717, 1.165) is 12.2 Å². The van der Waals surface area contributed by atoms with Crippen molar-refractivity contribution in [1.29, 1.82) is 0 Å². The molecule has 0 N–H and O–H groups in total. The van der Waals surface area contributed by atoms with Gasteiger partial charge in [-0.1, -0.05) is 19.3 Å². The number of hydrogen-bond acceptors (Lipinski definition) is 1. The average molecular weight is 377 g/mol. The van der Waals surface area contributed by atoms with E-state index in [1.807, 2.05) is 0 Å². The van der Waals surface area contributed by atoms with Crippen LogP contribution in [0.5, 0.6) is 5.75 Å². The van der Waals surface area contributed by atoms with Crippen LogP contribution in [-0.4, -0.2) is 11.5 Å². The van der Waals surface area contributed by atoms with Gasteiger partial charge in [0.25, 0.3) is 0 Å². The lowest BCUT2D eigenvalue weighted by atomic mass is 9.58. The smallest absolute Gasteiger partial charge is 0.119 e. The lowest BCUT2D eigenvalue weighted by Gasteiger charge is -2.55. The molecule has 0 aromatic heterocycles. The van der Waals surface area contributed by atoms with E-state index in [0.29, 0.717) is 11.5 Å². The van der Waals surface area contributed by atoms with Crippen LogP contribution in [0, 0.1) is 8.99 Å². The summed E-state index contributed by atoms with van der Waals surface area (Å²) in [6.45, 7) is 0. The molecular weight excluding hydrogens is 359 g/mol. The van der Waals surface area contributed by atoms with Crippen molar-refractivity contribution in [2.45, 2.75) is 50.0 Å². The van der Waals surface area contributed by atoms with E-state index in [1.54, 1.807) is 0 Å². The van der Waals surface area contributed by atoms with Crippen LogP contribution in [0.2, 0.25) is 0 Å². The Hall–Kier alpha value is 0.0400. The van der Waals surface area contributed by atoms with E-state index >= 15 is 0 Å². The molecule has 0 heterocycles. The highest BCUT2D eigenvalue weighted by molar-refractivity contribution is 14.1. The molecule has 1 aromatic rings. The van der Waals surface area contributed by atoms with Crippen molar-refractivity contribution in [2.75, 3.05) is 0 Å². The van der Waals surface area contributed by atoms with E-state index in [4.69, 9.17) is 16.3 Å². The third-order valence-electron chi connectivity index (χ3n) is 4.56. The maximum atomic E-state index is 6.49. The topological polar surface area (TPSA) is 9.23 Å². The molecule has 2 fully saturated rings. The van der Waals surface area contributed by atoms with Crippen LogP contribution in [-0.2, 0) is 0 Å². The van der Waals surface area contributed by atoms with Crippen molar-refractivity contribution in [1.82, 2.24) is 0 Å². The molecular formula is C15H18ClIO. The number of halogens is 2.